The van der Waals surface area contributed by atoms with Crippen LogP contribution in [-0.2, 0) is 4.79 Å². The molecule has 1 atom stereocenters. The first-order chi connectivity index (χ1) is 9.56. The van der Waals surface area contributed by atoms with Gasteiger partial charge in [0.05, 0.1) is 9.99 Å². The number of pyridine rings is 1. The number of nitrogens with zero attached hydrogens (tertiary/aromatic N) is 2. The highest BCUT2D eigenvalue weighted by Gasteiger charge is 2.31. The predicted octanol–water partition coefficient (Wildman–Crippen LogP) is 3.19. The van der Waals surface area contributed by atoms with Crippen LogP contribution in [0.4, 0.5) is 10.2 Å². The number of anilines is 1. The maximum Gasteiger partial charge on any atom is 0.326 e. The van der Waals surface area contributed by atoms with E-state index in [2.05, 4.69) is 20.9 Å². The van der Waals surface area contributed by atoms with Gasteiger partial charge in [0.2, 0.25) is 0 Å². The molecule has 1 saturated heterocycles. The van der Waals surface area contributed by atoms with Gasteiger partial charge in [0.1, 0.15) is 17.7 Å². The zero-order chi connectivity index (χ0) is 14.3. The van der Waals surface area contributed by atoms with E-state index in [4.69, 9.17) is 0 Å². The van der Waals surface area contributed by atoms with Crippen molar-refractivity contribution in [2.45, 2.75) is 18.9 Å². The van der Waals surface area contributed by atoms with Gasteiger partial charge in [-0.15, -0.1) is 0 Å². The van der Waals surface area contributed by atoms with Crippen molar-refractivity contribution in [3.8, 4) is 0 Å². The molecule has 0 bridgehead atoms. The SMILES string of the molecule is O=C(O)C1CCCN1c1ccc2cc(Br)c(F)cc2n1. The van der Waals surface area contributed by atoms with Crippen LogP contribution in [0.25, 0.3) is 10.9 Å². The minimum Gasteiger partial charge on any atom is -0.480 e. The number of carboxylic acid groups (broad SMARTS) is 1. The van der Waals surface area contributed by atoms with E-state index in [0.717, 1.165) is 11.8 Å². The molecule has 104 valence electrons. The Morgan fingerprint density at radius 1 is 1.45 bits per heavy atom. The molecular weight excluding hydrogens is 327 g/mol. The minimum absolute atomic E-state index is 0.377. The quantitative estimate of drug-likeness (QED) is 0.913. The molecule has 1 aromatic heterocycles. The first-order valence-corrected chi connectivity index (χ1v) is 7.11. The van der Waals surface area contributed by atoms with Crippen molar-refractivity contribution in [3.05, 3.63) is 34.6 Å². The lowest BCUT2D eigenvalue weighted by Crippen LogP contribution is -2.36. The Balaban J connectivity index is 2.04. The summed E-state index contributed by atoms with van der Waals surface area (Å²) in [4.78, 5) is 17.4. The third kappa shape index (κ3) is 2.24. The molecule has 3 rings (SSSR count). The highest BCUT2D eigenvalue weighted by atomic mass is 79.9. The van der Waals surface area contributed by atoms with Crippen LogP contribution < -0.4 is 4.90 Å². The molecule has 1 unspecified atom stereocenters. The van der Waals surface area contributed by atoms with Crippen LogP contribution >= 0.6 is 15.9 Å². The maximum atomic E-state index is 13.6. The molecule has 20 heavy (non-hydrogen) atoms. The van der Waals surface area contributed by atoms with Crippen LogP contribution in [0.15, 0.2) is 28.7 Å². The molecule has 2 aromatic rings. The molecule has 6 heteroatoms. The highest BCUT2D eigenvalue weighted by molar-refractivity contribution is 9.10. The summed E-state index contributed by atoms with van der Waals surface area (Å²) >= 11 is 3.14. The summed E-state index contributed by atoms with van der Waals surface area (Å²) in [6, 6.07) is 6.10. The summed E-state index contributed by atoms with van der Waals surface area (Å²) in [5.41, 5.74) is 0.527. The van der Waals surface area contributed by atoms with E-state index in [1.54, 1.807) is 17.0 Å². The van der Waals surface area contributed by atoms with Crippen molar-refractivity contribution < 1.29 is 14.3 Å². The van der Waals surface area contributed by atoms with Gasteiger partial charge in [-0.2, -0.15) is 0 Å². The molecule has 0 spiro atoms. The summed E-state index contributed by atoms with van der Waals surface area (Å²) < 4.78 is 14.0. The number of rotatable bonds is 2. The molecule has 1 aromatic carbocycles. The summed E-state index contributed by atoms with van der Waals surface area (Å²) in [6.45, 7) is 0.661. The van der Waals surface area contributed by atoms with Crippen LogP contribution in [0.5, 0.6) is 0 Å². The van der Waals surface area contributed by atoms with Gasteiger partial charge in [-0.05, 0) is 47.0 Å². The molecule has 1 fully saturated rings. The smallest absolute Gasteiger partial charge is 0.326 e. The number of hydrogen-bond acceptors (Lipinski definition) is 3. The van der Waals surface area contributed by atoms with Crippen molar-refractivity contribution in [2.75, 3.05) is 11.4 Å². The molecule has 1 N–H and O–H groups in total. The van der Waals surface area contributed by atoms with Crippen molar-refractivity contribution in [1.29, 1.82) is 0 Å². The number of carbonyl (C=O) groups is 1. The van der Waals surface area contributed by atoms with Gasteiger partial charge in [-0.3, -0.25) is 0 Å². The van der Waals surface area contributed by atoms with Gasteiger partial charge >= 0.3 is 5.97 Å². The Labute approximate surface area is 123 Å². The average Bonchev–Trinajstić information content (AvgIpc) is 2.89. The van der Waals surface area contributed by atoms with Gasteiger partial charge in [-0.1, -0.05) is 0 Å². The Hall–Kier alpha value is -1.69. The van der Waals surface area contributed by atoms with Gasteiger partial charge in [0.25, 0.3) is 0 Å². The molecule has 2 heterocycles. The summed E-state index contributed by atoms with van der Waals surface area (Å²) in [5, 5.41) is 10.0. The Morgan fingerprint density at radius 3 is 3.00 bits per heavy atom. The van der Waals surface area contributed by atoms with Gasteiger partial charge in [0, 0.05) is 18.0 Å². The van der Waals surface area contributed by atoms with E-state index >= 15 is 0 Å². The first-order valence-electron chi connectivity index (χ1n) is 6.31. The zero-order valence-electron chi connectivity index (χ0n) is 10.5. The fourth-order valence-corrected chi connectivity index (χ4v) is 2.93. The van der Waals surface area contributed by atoms with E-state index in [1.807, 2.05) is 6.07 Å². The summed E-state index contributed by atoms with van der Waals surface area (Å²) in [7, 11) is 0. The van der Waals surface area contributed by atoms with Crippen molar-refractivity contribution in [3.63, 3.8) is 0 Å². The lowest BCUT2D eigenvalue weighted by atomic mass is 10.2. The number of carboxylic acids is 1. The van der Waals surface area contributed by atoms with E-state index in [-0.39, 0.29) is 5.82 Å². The second kappa shape index (κ2) is 5.01. The maximum absolute atomic E-state index is 13.6. The third-order valence-electron chi connectivity index (χ3n) is 3.55. The highest BCUT2D eigenvalue weighted by Crippen LogP contribution is 2.28. The lowest BCUT2D eigenvalue weighted by Gasteiger charge is -2.22. The lowest BCUT2D eigenvalue weighted by molar-refractivity contribution is -0.138. The molecule has 0 amide bonds. The number of hydrogen-bond donors (Lipinski definition) is 1. The largest absolute Gasteiger partial charge is 0.480 e. The van der Waals surface area contributed by atoms with Crippen LogP contribution in [0.1, 0.15) is 12.8 Å². The second-order valence-electron chi connectivity index (χ2n) is 4.82. The predicted molar refractivity (Wildman–Crippen MR) is 77.4 cm³/mol. The van der Waals surface area contributed by atoms with Crippen LogP contribution in [0, 0.1) is 5.82 Å². The van der Waals surface area contributed by atoms with E-state index in [1.165, 1.54) is 6.07 Å². The number of aliphatic carboxylic acids is 1. The molecule has 4 nitrogen and oxygen atoms in total. The molecular formula is C14H12BrFN2O2. The molecule has 0 aliphatic carbocycles. The fourth-order valence-electron chi connectivity index (χ4n) is 2.56. The first kappa shape index (κ1) is 13.3. The fraction of sp³-hybridized carbons (Fsp3) is 0.286. The topological polar surface area (TPSA) is 53.4 Å². The number of halogens is 2. The Bertz CT molecular complexity index is 692. The average molecular weight is 339 g/mol. The monoisotopic (exact) mass is 338 g/mol. The van der Waals surface area contributed by atoms with Crippen molar-refractivity contribution >= 4 is 38.6 Å². The van der Waals surface area contributed by atoms with Gasteiger partial charge < -0.3 is 10.0 Å². The molecule has 0 saturated carbocycles. The van der Waals surface area contributed by atoms with E-state index < -0.39 is 12.0 Å². The number of fused-ring (bicyclic) bond motifs is 1. The van der Waals surface area contributed by atoms with Crippen LogP contribution in [-0.4, -0.2) is 28.6 Å². The van der Waals surface area contributed by atoms with Crippen molar-refractivity contribution in [1.82, 2.24) is 4.98 Å². The molecule has 1 aliphatic rings. The standard InChI is InChI=1S/C14H12BrFN2O2/c15-9-6-8-3-4-13(17-11(8)7-10(9)16)18-5-1-2-12(18)14(19)20/h3-4,6-7,12H,1-2,5H2,(H,19,20). The minimum atomic E-state index is -0.841. The Morgan fingerprint density at radius 2 is 2.25 bits per heavy atom. The van der Waals surface area contributed by atoms with E-state index in [0.29, 0.717) is 28.8 Å². The summed E-state index contributed by atoms with van der Waals surface area (Å²) in [6.07, 6.45) is 1.44. The Kier molecular flexibility index (Phi) is 3.33. The molecule has 1 aliphatic heterocycles. The van der Waals surface area contributed by atoms with Crippen LogP contribution in [0.3, 0.4) is 0 Å². The van der Waals surface area contributed by atoms with Gasteiger partial charge in [-0.25, -0.2) is 14.2 Å². The van der Waals surface area contributed by atoms with Crippen molar-refractivity contribution in [2.24, 2.45) is 0 Å². The second-order valence-corrected chi connectivity index (χ2v) is 5.67. The summed E-state index contributed by atoms with van der Waals surface area (Å²) in [5.74, 6) is -0.631. The molecule has 0 radical (unpaired) electrons. The number of benzene rings is 1. The number of aromatic nitrogens is 1. The van der Waals surface area contributed by atoms with Gasteiger partial charge in [0.15, 0.2) is 0 Å². The zero-order valence-corrected chi connectivity index (χ0v) is 12.1. The van der Waals surface area contributed by atoms with E-state index in [9.17, 15) is 14.3 Å². The third-order valence-corrected chi connectivity index (χ3v) is 4.16. The normalized spacial score (nSPS) is 18.7. The van der Waals surface area contributed by atoms with Crippen LogP contribution in [0.2, 0.25) is 0 Å².